The molecule has 1 saturated heterocycles. The van der Waals surface area contributed by atoms with Gasteiger partial charge in [0.2, 0.25) is 0 Å². The lowest BCUT2D eigenvalue weighted by Gasteiger charge is -2.35. The standard InChI is InChI=1S/C17H25FN2O2/c1-17(2,3)22-16(21)19-15-9-10-20(12-14(15)18)11-13-7-5-4-6-8-13/h4-8,14-15H,9-12H2,1-3H3,(H,19,21)/t14-,15+/m1/s1. The first-order valence-electron chi connectivity index (χ1n) is 7.73. The summed E-state index contributed by atoms with van der Waals surface area (Å²) in [6.45, 7) is 7.21. The van der Waals surface area contributed by atoms with Crippen LogP contribution in [0.4, 0.5) is 9.18 Å². The molecule has 0 aliphatic carbocycles. The van der Waals surface area contributed by atoms with Crippen LogP contribution in [-0.2, 0) is 11.3 Å². The fraction of sp³-hybridized carbons (Fsp3) is 0.588. The number of likely N-dealkylation sites (tertiary alicyclic amines) is 1. The third-order valence-corrected chi connectivity index (χ3v) is 3.58. The number of halogens is 1. The zero-order valence-electron chi connectivity index (χ0n) is 13.5. The molecule has 1 aliphatic heterocycles. The molecular weight excluding hydrogens is 283 g/mol. The van der Waals surface area contributed by atoms with Gasteiger partial charge >= 0.3 is 6.09 Å². The highest BCUT2D eigenvalue weighted by Gasteiger charge is 2.31. The number of nitrogens with one attached hydrogen (secondary N) is 1. The Bertz CT molecular complexity index is 487. The van der Waals surface area contributed by atoms with Gasteiger partial charge in [-0.2, -0.15) is 0 Å². The molecule has 0 unspecified atom stereocenters. The summed E-state index contributed by atoms with van der Waals surface area (Å²) in [6.07, 6.45) is -1.03. The Labute approximate surface area is 131 Å². The Morgan fingerprint density at radius 3 is 2.64 bits per heavy atom. The highest BCUT2D eigenvalue weighted by Crippen LogP contribution is 2.17. The minimum atomic E-state index is -1.08. The van der Waals surface area contributed by atoms with Gasteiger partial charge in [0.15, 0.2) is 0 Å². The summed E-state index contributed by atoms with van der Waals surface area (Å²) in [6, 6.07) is 9.55. The van der Waals surface area contributed by atoms with Crippen LogP contribution in [-0.4, -0.2) is 41.9 Å². The van der Waals surface area contributed by atoms with E-state index < -0.39 is 23.9 Å². The van der Waals surface area contributed by atoms with Crippen molar-refractivity contribution < 1.29 is 13.9 Å². The largest absolute Gasteiger partial charge is 0.444 e. The van der Waals surface area contributed by atoms with Gasteiger partial charge in [0.05, 0.1) is 6.04 Å². The lowest BCUT2D eigenvalue weighted by atomic mass is 10.0. The molecule has 2 atom stereocenters. The van der Waals surface area contributed by atoms with Crippen molar-refractivity contribution in [2.75, 3.05) is 13.1 Å². The normalized spacial score (nSPS) is 23.1. The smallest absolute Gasteiger partial charge is 0.407 e. The van der Waals surface area contributed by atoms with Gasteiger partial charge in [-0.25, -0.2) is 9.18 Å². The molecule has 1 fully saturated rings. The third-order valence-electron chi connectivity index (χ3n) is 3.58. The predicted octanol–water partition coefficient (Wildman–Crippen LogP) is 3.12. The SMILES string of the molecule is CC(C)(C)OC(=O)N[C@H]1CCN(Cc2ccccc2)C[C@H]1F. The Morgan fingerprint density at radius 2 is 2.05 bits per heavy atom. The molecule has 1 N–H and O–H groups in total. The molecule has 4 nitrogen and oxygen atoms in total. The van der Waals surface area contributed by atoms with Gasteiger partial charge in [-0.3, -0.25) is 4.90 Å². The average Bonchev–Trinajstić information content (AvgIpc) is 2.41. The van der Waals surface area contributed by atoms with Gasteiger partial charge in [0.25, 0.3) is 0 Å². The van der Waals surface area contributed by atoms with Crippen molar-refractivity contribution in [2.45, 2.75) is 51.6 Å². The molecule has 0 radical (unpaired) electrons. The molecule has 0 spiro atoms. The first-order valence-corrected chi connectivity index (χ1v) is 7.73. The summed E-state index contributed by atoms with van der Waals surface area (Å²) >= 11 is 0. The van der Waals surface area contributed by atoms with Crippen molar-refractivity contribution in [1.82, 2.24) is 10.2 Å². The number of hydrogen-bond donors (Lipinski definition) is 1. The van der Waals surface area contributed by atoms with Gasteiger partial charge in [-0.1, -0.05) is 30.3 Å². The number of hydrogen-bond acceptors (Lipinski definition) is 3. The van der Waals surface area contributed by atoms with Gasteiger partial charge in [0.1, 0.15) is 11.8 Å². The maximum Gasteiger partial charge on any atom is 0.407 e. The molecule has 1 aliphatic rings. The van der Waals surface area contributed by atoms with E-state index in [1.54, 1.807) is 20.8 Å². The van der Waals surface area contributed by atoms with Crippen LogP contribution in [0.5, 0.6) is 0 Å². The van der Waals surface area contributed by atoms with E-state index in [0.717, 1.165) is 13.1 Å². The Morgan fingerprint density at radius 1 is 1.36 bits per heavy atom. The molecule has 2 rings (SSSR count). The van der Waals surface area contributed by atoms with Crippen LogP contribution in [0.1, 0.15) is 32.8 Å². The van der Waals surface area contributed by atoms with E-state index in [0.29, 0.717) is 13.0 Å². The zero-order chi connectivity index (χ0) is 16.2. The summed E-state index contributed by atoms with van der Waals surface area (Å²) in [5.41, 5.74) is 0.609. The van der Waals surface area contributed by atoms with Gasteiger partial charge in [-0.15, -0.1) is 0 Å². The molecule has 1 amide bonds. The second-order valence-corrected chi connectivity index (χ2v) is 6.78. The number of nitrogens with zero attached hydrogens (tertiary/aromatic N) is 1. The van der Waals surface area contributed by atoms with Crippen LogP contribution in [0.25, 0.3) is 0 Å². The van der Waals surface area contributed by atoms with E-state index in [-0.39, 0.29) is 0 Å². The summed E-state index contributed by atoms with van der Waals surface area (Å²) in [7, 11) is 0. The molecular formula is C17H25FN2O2. The van der Waals surface area contributed by atoms with Crippen LogP contribution >= 0.6 is 0 Å². The lowest BCUT2D eigenvalue weighted by molar-refractivity contribution is 0.0391. The van der Waals surface area contributed by atoms with Crippen LogP contribution in [0.2, 0.25) is 0 Å². The fourth-order valence-electron chi connectivity index (χ4n) is 2.57. The number of carbonyl (C=O) groups is 1. The minimum Gasteiger partial charge on any atom is -0.444 e. The number of alkyl carbamates (subject to hydrolysis) is 1. The monoisotopic (exact) mass is 308 g/mol. The minimum absolute atomic E-state index is 0.329. The topological polar surface area (TPSA) is 41.6 Å². The molecule has 0 saturated carbocycles. The Hall–Kier alpha value is -1.62. The molecule has 0 aromatic heterocycles. The second kappa shape index (κ2) is 7.09. The number of amides is 1. The lowest BCUT2D eigenvalue weighted by Crippen LogP contribution is -2.52. The van der Waals surface area contributed by atoms with E-state index in [4.69, 9.17) is 4.74 Å². The molecule has 122 valence electrons. The Balaban J connectivity index is 1.81. The second-order valence-electron chi connectivity index (χ2n) is 6.78. The summed E-state index contributed by atoms with van der Waals surface area (Å²) in [5, 5.41) is 2.65. The van der Waals surface area contributed by atoms with E-state index in [1.165, 1.54) is 5.56 Å². The van der Waals surface area contributed by atoms with Crippen LogP contribution in [0, 0.1) is 0 Å². The van der Waals surface area contributed by atoms with Gasteiger partial charge in [0, 0.05) is 19.6 Å². The van der Waals surface area contributed by atoms with Crippen molar-refractivity contribution in [1.29, 1.82) is 0 Å². The van der Waals surface area contributed by atoms with E-state index in [1.807, 2.05) is 30.3 Å². The first-order chi connectivity index (χ1) is 10.3. The van der Waals surface area contributed by atoms with Gasteiger partial charge in [-0.05, 0) is 32.8 Å². The number of ether oxygens (including phenoxy) is 1. The highest BCUT2D eigenvalue weighted by molar-refractivity contribution is 5.68. The molecule has 22 heavy (non-hydrogen) atoms. The predicted molar refractivity (Wildman–Crippen MR) is 84.4 cm³/mol. The average molecular weight is 308 g/mol. The third kappa shape index (κ3) is 5.30. The van der Waals surface area contributed by atoms with Crippen molar-refractivity contribution in [3.63, 3.8) is 0 Å². The molecule has 1 aromatic carbocycles. The van der Waals surface area contributed by atoms with E-state index in [2.05, 4.69) is 10.2 Å². The van der Waals surface area contributed by atoms with Crippen LogP contribution < -0.4 is 5.32 Å². The maximum absolute atomic E-state index is 14.3. The van der Waals surface area contributed by atoms with Crippen molar-refractivity contribution >= 4 is 6.09 Å². The number of rotatable bonds is 3. The first kappa shape index (κ1) is 16.7. The van der Waals surface area contributed by atoms with Crippen molar-refractivity contribution in [3.8, 4) is 0 Å². The summed E-state index contributed by atoms with van der Waals surface area (Å²) in [5.74, 6) is 0. The quantitative estimate of drug-likeness (QED) is 0.933. The van der Waals surface area contributed by atoms with Crippen molar-refractivity contribution in [2.24, 2.45) is 0 Å². The van der Waals surface area contributed by atoms with E-state index in [9.17, 15) is 9.18 Å². The van der Waals surface area contributed by atoms with Crippen LogP contribution in [0.15, 0.2) is 30.3 Å². The summed E-state index contributed by atoms with van der Waals surface area (Å²) in [4.78, 5) is 13.8. The van der Waals surface area contributed by atoms with Crippen LogP contribution in [0.3, 0.4) is 0 Å². The van der Waals surface area contributed by atoms with Crippen molar-refractivity contribution in [3.05, 3.63) is 35.9 Å². The zero-order valence-corrected chi connectivity index (χ0v) is 13.5. The number of piperidine rings is 1. The molecule has 5 heteroatoms. The number of carbonyl (C=O) groups excluding carboxylic acids is 1. The molecule has 1 aromatic rings. The maximum atomic E-state index is 14.3. The number of benzene rings is 1. The number of alkyl halides is 1. The summed E-state index contributed by atoms with van der Waals surface area (Å²) < 4.78 is 19.5. The van der Waals surface area contributed by atoms with E-state index >= 15 is 0 Å². The fourth-order valence-corrected chi connectivity index (χ4v) is 2.57. The van der Waals surface area contributed by atoms with Gasteiger partial charge < -0.3 is 10.1 Å². The highest BCUT2D eigenvalue weighted by atomic mass is 19.1. The molecule has 1 heterocycles. The molecule has 0 bridgehead atoms. The Kier molecular flexibility index (Phi) is 5.40.